The Kier molecular flexibility index (Phi) is 2.26. The molecule has 0 heterocycles. The van der Waals surface area contributed by atoms with Crippen LogP contribution in [-0.2, 0) is 5.54 Å². The molecule has 0 radical (unpaired) electrons. The predicted octanol–water partition coefficient (Wildman–Crippen LogP) is 2.29. The van der Waals surface area contributed by atoms with E-state index in [-0.39, 0.29) is 5.54 Å². The van der Waals surface area contributed by atoms with Gasteiger partial charge in [-0.1, -0.05) is 25.0 Å². The standard InChI is InChI=1S/C12H14N2/c13-9-10-4-3-5-11(8-10)12(14)6-1-2-7-12/h3-5,8H,1-2,6-7,14H2. The van der Waals surface area contributed by atoms with Gasteiger partial charge >= 0.3 is 0 Å². The van der Waals surface area contributed by atoms with E-state index in [1.54, 1.807) is 0 Å². The van der Waals surface area contributed by atoms with Crippen molar-refractivity contribution in [2.75, 3.05) is 0 Å². The minimum atomic E-state index is -0.174. The van der Waals surface area contributed by atoms with E-state index < -0.39 is 0 Å². The number of nitrogens with two attached hydrogens (primary N) is 1. The van der Waals surface area contributed by atoms with Crippen molar-refractivity contribution in [1.29, 1.82) is 5.26 Å². The predicted molar refractivity (Wildman–Crippen MR) is 55.5 cm³/mol. The Morgan fingerprint density at radius 2 is 2.00 bits per heavy atom. The summed E-state index contributed by atoms with van der Waals surface area (Å²) in [5.41, 5.74) is 7.95. The van der Waals surface area contributed by atoms with Crippen molar-refractivity contribution in [3.05, 3.63) is 35.4 Å². The highest BCUT2D eigenvalue weighted by atomic mass is 14.8. The van der Waals surface area contributed by atoms with Gasteiger partial charge in [0.2, 0.25) is 0 Å². The fourth-order valence-electron chi connectivity index (χ4n) is 2.19. The van der Waals surface area contributed by atoms with Gasteiger partial charge < -0.3 is 5.73 Å². The van der Waals surface area contributed by atoms with Crippen LogP contribution in [0.5, 0.6) is 0 Å². The van der Waals surface area contributed by atoms with Crippen LogP contribution in [0, 0.1) is 11.3 Å². The van der Waals surface area contributed by atoms with E-state index in [0.717, 1.165) is 18.4 Å². The van der Waals surface area contributed by atoms with E-state index >= 15 is 0 Å². The van der Waals surface area contributed by atoms with Gasteiger partial charge in [0.05, 0.1) is 11.6 Å². The normalized spacial score (nSPS) is 19.1. The molecule has 0 amide bonds. The molecule has 1 aromatic carbocycles. The maximum absolute atomic E-state index is 8.80. The van der Waals surface area contributed by atoms with Crippen molar-refractivity contribution < 1.29 is 0 Å². The second kappa shape index (κ2) is 3.43. The monoisotopic (exact) mass is 186 g/mol. The van der Waals surface area contributed by atoms with E-state index in [4.69, 9.17) is 11.0 Å². The lowest BCUT2D eigenvalue weighted by Crippen LogP contribution is -2.33. The van der Waals surface area contributed by atoms with Crippen LogP contribution in [0.15, 0.2) is 24.3 Å². The number of nitrogens with zero attached hydrogens (tertiary/aromatic N) is 1. The number of rotatable bonds is 1. The molecule has 0 atom stereocenters. The molecule has 0 aliphatic heterocycles. The summed E-state index contributed by atoms with van der Waals surface area (Å²) in [4.78, 5) is 0. The average molecular weight is 186 g/mol. The number of hydrogen-bond donors (Lipinski definition) is 1. The Balaban J connectivity index is 2.36. The van der Waals surface area contributed by atoms with Gasteiger partial charge in [-0.15, -0.1) is 0 Å². The molecule has 0 bridgehead atoms. The van der Waals surface area contributed by atoms with Crippen LogP contribution in [0.1, 0.15) is 36.8 Å². The van der Waals surface area contributed by atoms with Crippen molar-refractivity contribution in [2.24, 2.45) is 5.73 Å². The van der Waals surface area contributed by atoms with Crippen LogP contribution in [0.25, 0.3) is 0 Å². The summed E-state index contributed by atoms with van der Waals surface area (Å²) in [7, 11) is 0. The van der Waals surface area contributed by atoms with Crippen LogP contribution in [0.3, 0.4) is 0 Å². The number of nitriles is 1. The Morgan fingerprint density at radius 3 is 2.64 bits per heavy atom. The SMILES string of the molecule is N#Cc1cccc(C2(N)CCCC2)c1. The van der Waals surface area contributed by atoms with Crippen molar-refractivity contribution in [2.45, 2.75) is 31.2 Å². The molecule has 2 heteroatoms. The van der Waals surface area contributed by atoms with Gasteiger partial charge in [-0.05, 0) is 30.5 Å². The average Bonchev–Trinajstić information content (AvgIpc) is 2.67. The van der Waals surface area contributed by atoms with Crippen LogP contribution in [0.2, 0.25) is 0 Å². The zero-order valence-electron chi connectivity index (χ0n) is 8.16. The Labute approximate surface area is 84.3 Å². The smallest absolute Gasteiger partial charge is 0.0991 e. The zero-order valence-corrected chi connectivity index (χ0v) is 8.16. The summed E-state index contributed by atoms with van der Waals surface area (Å²) < 4.78 is 0. The van der Waals surface area contributed by atoms with Gasteiger partial charge in [0.1, 0.15) is 0 Å². The number of hydrogen-bond acceptors (Lipinski definition) is 2. The highest BCUT2D eigenvalue weighted by Crippen LogP contribution is 2.36. The quantitative estimate of drug-likeness (QED) is 0.731. The minimum absolute atomic E-state index is 0.174. The zero-order chi connectivity index (χ0) is 10.0. The summed E-state index contributed by atoms with van der Waals surface area (Å²) >= 11 is 0. The van der Waals surface area contributed by atoms with E-state index in [0.29, 0.717) is 5.56 Å². The second-order valence-electron chi connectivity index (χ2n) is 4.06. The molecular formula is C12H14N2. The van der Waals surface area contributed by atoms with Gasteiger partial charge in [-0.2, -0.15) is 5.26 Å². The molecule has 2 nitrogen and oxygen atoms in total. The maximum Gasteiger partial charge on any atom is 0.0991 e. The molecule has 72 valence electrons. The lowest BCUT2D eigenvalue weighted by Gasteiger charge is -2.24. The molecule has 14 heavy (non-hydrogen) atoms. The first kappa shape index (κ1) is 9.23. The first-order valence-corrected chi connectivity index (χ1v) is 5.04. The van der Waals surface area contributed by atoms with Crippen molar-refractivity contribution >= 4 is 0 Å². The maximum atomic E-state index is 8.80. The lowest BCUT2D eigenvalue weighted by molar-refractivity contribution is 0.461. The molecular weight excluding hydrogens is 172 g/mol. The van der Waals surface area contributed by atoms with Crippen LogP contribution in [0.4, 0.5) is 0 Å². The summed E-state index contributed by atoms with van der Waals surface area (Å²) in [6, 6.07) is 9.85. The van der Waals surface area contributed by atoms with Gasteiger partial charge in [0, 0.05) is 5.54 Å². The summed E-state index contributed by atoms with van der Waals surface area (Å²) in [5, 5.41) is 8.80. The second-order valence-corrected chi connectivity index (χ2v) is 4.06. The highest BCUT2D eigenvalue weighted by molar-refractivity contribution is 5.36. The minimum Gasteiger partial charge on any atom is -0.321 e. The Morgan fingerprint density at radius 1 is 1.29 bits per heavy atom. The summed E-state index contributed by atoms with van der Waals surface area (Å²) in [5.74, 6) is 0. The van der Waals surface area contributed by atoms with Crippen LogP contribution in [-0.4, -0.2) is 0 Å². The largest absolute Gasteiger partial charge is 0.321 e. The molecule has 0 aromatic heterocycles. The van der Waals surface area contributed by atoms with E-state index in [9.17, 15) is 0 Å². The van der Waals surface area contributed by atoms with Gasteiger partial charge in [-0.25, -0.2) is 0 Å². The fourth-order valence-corrected chi connectivity index (χ4v) is 2.19. The third-order valence-corrected chi connectivity index (χ3v) is 3.06. The third kappa shape index (κ3) is 1.51. The molecule has 0 unspecified atom stereocenters. The first-order chi connectivity index (χ1) is 6.74. The molecule has 0 saturated heterocycles. The van der Waals surface area contributed by atoms with Gasteiger partial charge in [0.15, 0.2) is 0 Å². The molecule has 1 fully saturated rings. The first-order valence-electron chi connectivity index (χ1n) is 5.04. The van der Waals surface area contributed by atoms with E-state index in [1.165, 1.54) is 12.8 Å². The number of benzene rings is 1. The third-order valence-electron chi connectivity index (χ3n) is 3.06. The molecule has 1 aliphatic carbocycles. The fraction of sp³-hybridized carbons (Fsp3) is 0.417. The van der Waals surface area contributed by atoms with Gasteiger partial charge in [-0.3, -0.25) is 0 Å². The topological polar surface area (TPSA) is 49.8 Å². The van der Waals surface area contributed by atoms with Crippen molar-refractivity contribution in [3.8, 4) is 6.07 Å². The molecule has 1 aliphatic rings. The summed E-state index contributed by atoms with van der Waals surface area (Å²) in [6.07, 6.45) is 4.49. The van der Waals surface area contributed by atoms with Crippen molar-refractivity contribution in [1.82, 2.24) is 0 Å². The molecule has 1 aromatic rings. The van der Waals surface area contributed by atoms with Gasteiger partial charge in [0.25, 0.3) is 0 Å². The van der Waals surface area contributed by atoms with Crippen molar-refractivity contribution in [3.63, 3.8) is 0 Å². The molecule has 0 spiro atoms. The molecule has 2 rings (SSSR count). The van der Waals surface area contributed by atoms with E-state index in [2.05, 4.69) is 6.07 Å². The summed E-state index contributed by atoms with van der Waals surface area (Å²) in [6.45, 7) is 0. The Hall–Kier alpha value is -1.33. The van der Waals surface area contributed by atoms with E-state index in [1.807, 2.05) is 24.3 Å². The lowest BCUT2D eigenvalue weighted by atomic mass is 9.88. The molecule has 2 N–H and O–H groups in total. The molecule has 1 saturated carbocycles. The van der Waals surface area contributed by atoms with Crippen LogP contribution < -0.4 is 5.73 Å². The van der Waals surface area contributed by atoms with Crippen LogP contribution >= 0.6 is 0 Å². The highest BCUT2D eigenvalue weighted by Gasteiger charge is 2.30. The Bertz CT molecular complexity index is 370.